The Hall–Kier alpha value is -1.78. The number of aromatic nitrogens is 1. The molecule has 0 radical (unpaired) electrons. The SMILES string of the molecule is Nc1cccnc1OCCCN1CCCC1=O. The van der Waals surface area contributed by atoms with Crippen molar-refractivity contribution in [1.29, 1.82) is 0 Å². The second-order valence-electron chi connectivity index (χ2n) is 4.08. The largest absolute Gasteiger partial charge is 0.476 e. The van der Waals surface area contributed by atoms with E-state index in [2.05, 4.69) is 4.98 Å². The molecule has 5 heteroatoms. The van der Waals surface area contributed by atoms with Gasteiger partial charge in [0.1, 0.15) is 0 Å². The fraction of sp³-hybridized carbons (Fsp3) is 0.500. The summed E-state index contributed by atoms with van der Waals surface area (Å²) in [6.07, 6.45) is 4.12. The summed E-state index contributed by atoms with van der Waals surface area (Å²) < 4.78 is 5.46. The van der Waals surface area contributed by atoms with Gasteiger partial charge in [-0.2, -0.15) is 0 Å². The van der Waals surface area contributed by atoms with Crippen molar-refractivity contribution in [2.75, 3.05) is 25.4 Å². The van der Waals surface area contributed by atoms with E-state index in [4.69, 9.17) is 10.5 Å². The number of carbonyl (C=O) groups excluding carboxylic acids is 1. The van der Waals surface area contributed by atoms with Gasteiger partial charge in [0, 0.05) is 25.7 Å². The van der Waals surface area contributed by atoms with Gasteiger partial charge < -0.3 is 15.4 Å². The van der Waals surface area contributed by atoms with Crippen molar-refractivity contribution in [2.24, 2.45) is 0 Å². The third-order valence-corrected chi connectivity index (χ3v) is 2.78. The number of ether oxygens (including phenoxy) is 1. The molecule has 1 aliphatic heterocycles. The summed E-state index contributed by atoms with van der Waals surface area (Å²) >= 11 is 0. The molecule has 92 valence electrons. The molecule has 2 N–H and O–H groups in total. The van der Waals surface area contributed by atoms with E-state index in [0.717, 1.165) is 25.9 Å². The number of hydrogen-bond donors (Lipinski definition) is 1. The average Bonchev–Trinajstić information content (AvgIpc) is 2.73. The Morgan fingerprint density at radius 1 is 1.53 bits per heavy atom. The number of hydrogen-bond acceptors (Lipinski definition) is 4. The maximum atomic E-state index is 11.3. The highest BCUT2D eigenvalue weighted by molar-refractivity contribution is 5.77. The average molecular weight is 235 g/mol. The molecule has 1 aromatic rings. The minimum atomic E-state index is 0.252. The van der Waals surface area contributed by atoms with Crippen molar-refractivity contribution in [3.63, 3.8) is 0 Å². The fourth-order valence-electron chi connectivity index (χ4n) is 1.89. The number of nitrogen functional groups attached to an aromatic ring is 1. The zero-order valence-electron chi connectivity index (χ0n) is 9.76. The van der Waals surface area contributed by atoms with Gasteiger partial charge in [-0.05, 0) is 25.0 Å². The standard InChI is InChI=1S/C12H17N3O2/c13-10-4-1-6-14-12(10)17-9-3-8-15-7-2-5-11(15)16/h1,4,6H,2-3,5,7-9,13H2. The molecule has 1 fully saturated rings. The lowest BCUT2D eigenvalue weighted by Crippen LogP contribution is -2.26. The van der Waals surface area contributed by atoms with Crippen LogP contribution in [0.5, 0.6) is 5.88 Å². The van der Waals surface area contributed by atoms with Crippen LogP contribution in [-0.4, -0.2) is 35.5 Å². The second-order valence-corrected chi connectivity index (χ2v) is 4.08. The number of amides is 1. The normalized spacial score (nSPS) is 15.3. The van der Waals surface area contributed by atoms with Crippen molar-refractivity contribution in [3.05, 3.63) is 18.3 Å². The van der Waals surface area contributed by atoms with Gasteiger partial charge in [-0.15, -0.1) is 0 Å². The van der Waals surface area contributed by atoms with E-state index in [1.807, 2.05) is 4.90 Å². The van der Waals surface area contributed by atoms with Gasteiger partial charge in [-0.3, -0.25) is 4.79 Å². The van der Waals surface area contributed by atoms with E-state index in [1.54, 1.807) is 18.3 Å². The van der Waals surface area contributed by atoms with E-state index in [9.17, 15) is 4.79 Å². The highest BCUT2D eigenvalue weighted by Gasteiger charge is 2.19. The van der Waals surface area contributed by atoms with E-state index in [1.165, 1.54) is 0 Å². The van der Waals surface area contributed by atoms with Gasteiger partial charge in [0.2, 0.25) is 11.8 Å². The Balaban J connectivity index is 1.70. The number of pyridine rings is 1. The van der Waals surface area contributed by atoms with Crippen LogP contribution in [0.2, 0.25) is 0 Å². The van der Waals surface area contributed by atoms with Crippen LogP contribution in [0.4, 0.5) is 5.69 Å². The lowest BCUT2D eigenvalue weighted by atomic mass is 10.4. The first-order chi connectivity index (χ1) is 8.27. The Bertz CT molecular complexity index is 395. The van der Waals surface area contributed by atoms with E-state index in [-0.39, 0.29) is 5.91 Å². The summed E-state index contributed by atoms with van der Waals surface area (Å²) in [6.45, 7) is 2.17. The third kappa shape index (κ3) is 3.09. The molecule has 0 saturated carbocycles. The maximum Gasteiger partial charge on any atom is 0.237 e. The molecule has 0 unspecified atom stereocenters. The molecule has 2 rings (SSSR count). The molecule has 0 spiro atoms. The number of likely N-dealkylation sites (tertiary alicyclic amines) is 1. The number of nitrogens with two attached hydrogens (primary N) is 1. The van der Waals surface area contributed by atoms with E-state index in [0.29, 0.717) is 24.6 Å². The van der Waals surface area contributed by atoms with Gasteiger partial charge >= 0.3 is 0 Å². The topological polar surface area (TPSA) is 68.5 Å². The molecule has 1 aliphatic rings. The molecule has 2 heterocycles. The molecular formula is C12H17N3O2. The Labute approximate surface area is 101 Å². The number of carbonyl (C=O) groups is 1. The van der Waals surface area contributed by atoms with Crippen LogP contribution >= 0.6 is 0 Å². The molecule has 0 aromatic carbocycles. The highest BCUT2D eigenvalue weighted by Crippen LogP contribution is 2.16. The highest BCUT2D eigenvalue weighted by atomic mass is 16.5. The minimum absolute atomic E-state index is 0.252. The van der Waals surface area contributed by atoms with Crippen molar-refractivity contribution in [3.8, 4) is 5.88 Å². The summed E-state index contributed by atoms with van der Waals surface area (Å²) in [5, 5.41) is 0. The van der Waals surface area contributed by atoms with Gasteiger partial charge in [0.05, 0.1) is 12.3 Å². The first-order valence-electron chi connectivity index (χ1n) is 5.88. The first-order valence-corrected chi connectivity index (χ1v) is 5.88. The zero-order valence-corrected chi connectivity index (χ0v) is 9.76. The van der Waals surface area contributed by atoms with Crippen LogP contribution in [0.3, 0.4) is 0 Å². The van der Waals surface area contributed by atoms with Crippen LogP contribution in [0, 0.1) is 0 Å². The Morgan fingerprint density at radius 3 is 3.12 bits per heavy atom. The van der Waals surface area contributed by atoms with Crippen LogP contribution in [0.15, 0.2) is 18.3 Å². The summed E-state index contributed by atoms with van der Waals surface area (Å²) in [4.78, 5) is 17.3. The quantitative estimate of drug-likeness (QED) is 0.775. The van der Waals surface area contributed by atoms with Gasteiger partial charge in [0.15, 0.2) is 0 Å². The zero-order chi connectivity index (χ0) is 12.1. The molecule has 0 bridgehead atoms. The lowest BCUT2D eigenvalue weighted by molar-refractivity contribution is -0.127. The van der Waals surface area contributed by atoms with Crippen LogP contribution < -0.4 is 10.5 Å². The summed E-state index contributed by atoms with van der Waals surface area (Å²) in [6, 6.07) is 3.53. The monoisotopic (exact) mass is 235 g/mol. The molecule has 1 saturated heterocycles. The third-order valence-electron chi connectivity index (χ3n) is 2.78. The molecule has 1 aromatic heterocycles. The molecule has 0 aliphatic carbocycles. The van der Waals surface area contributed by atoms with Gasteiger partial charge in [-0.25, -0.2) is 4.98 Å². The predicted octanol–water partition coefficient (Wildman–Crippen LogP) is 1.06. The van der Waals surface area contributed by atoms with Crippen molar-refractivity contribution in [2.45, 2.75) is 19.3 Å². The number of rotatable bonds is 5. The summed E-state index contributed by atoms with van der Waals surface area (Å²) in [5.41, 5.74) is 6.24. The van der Waals surface area contributed by atoms with Crippen molar-refractivity contribution < 1.29 is 9.53 Å². The van der Waals surface area contributed by atoms with Crippen LogP contribution in [0.1, 0.15) is 19.3 Å². The number of anilines is 1. The predicted molar refractivity (Wildman–Crippen MR) is 64.6 cm³/mol. The Kier molecular flexibility index (Phi) is 3.80. The summed E-state index contributed by atoms with van der Waals surface area (Å²) in [5.74, 6) is 0.725. The minimum Gasteiger partial charge on any atom is -0.476 e. The lowest BCUT2D eigenvalue weighted by Gasteiger charge is -2.15. The van der Waals surface area contributed by atoms with E-state index < -0.39 is 0 Å². The maximum absolute atomic E-state index is 11.3. The second kappa shape index (κ2) is 5.52. The molecular weight excluding hydrogens is 218 g/mol. The molecule has 5 nitrogen and oxygen atoms in total. The van der Waals surface area contributed by atoms with Crippen LogP contribution in [0.25, 0.3) is 0 Å². The van der Waals surface area contributed by atoms with E-state index >= 15 is 0 Å². The van der Waals surface area contributed by atoms with Gasteiger partial charge in [-0.1, -0.05) is 0 Å². The van der Waals surface area contributed by atoms with Crippen molar-refractivity contribution >= 4 is 11.6 Å². The molecule has 17 heavy (non-hydrogen) atoms. The van der Waals surface area contributed by atoms with Crippen molar-refractivity contribution in [1.82, 2.24) is 9.88 Å². The molecule has 0 atom stereocenters. The van der Waals surface area contributed by atoms with Crippen LogP contribution in [-0.2, 0) is 4.79 Å². The smallest absolute Gasteiger partial charge is 0.237 e. The fourth-order valence-corrected chi connectivity index (χ4v) is 1.89. The van der Waals surface area contributed by atoms with Gasteiger partial charge in [0.25, 0.3) is 0 Å². The first kappa shape index (κ1) is 11.7. The Morgan fingerprint density at radius 2 is 2.41 bits per heavy atom. The molecule has 1 amide bonds. The number of nitrogens with zero attached hydrogens (tertiary/aromatic N) is 2. The summed E-state index contributed by atoms with van der Waals surface area (Å²) in [7, 11) is 0.